The molecular weight excluding hydrogens is 420 g/mol. The van der Waals surface area contributed by atoms with Crippen molar-refractivity contribution in [2.75, 3.05) is 14.2 Å². The number of hydrogen-bond acceptors (Lipinski definition) is 10. The maximum Gasteiger partial charge on any atom is 0.312 e. The maximum atomic E-state index is 11.4. The lowest BCUT2D eigenvalue weighted by Gasteiger charge is -2.07. The smallest absolute Gasteiger partial charge is 0.312 e. The van der Waals surface area contributed by atoms with E-state index >= 15 is 0 Å². The summed E-state index contributed by atoms with van der Waals surface area (Å²) < 4.78 is 43.6. The van der Waals surface area contributed by atoms with Gasteiger partial charge < -0.3 is 18.7 Å². The Morgan fingerprint density at radius 1 is 1.10 bits per heavy atom. The summed E-state index contributed by atoms with van der Waals surface area (Å²) in [6.07, 6.45) is 0. The summed E-state index contributed by atoms with van der Waals surface area (Å²) in [5, 5.41) is 20.1. The zero-order valence-electron chi connectivity index (χ0n) is 15.8. The molecule has 1 aromatic heterocycles. The van der Waals surface area contributed by atoms with Gasteiger partial charge in [0.15, 0.2) is 23.9 Å². The number of benzene rings is 2. The van der Waals surface area contributed by atoms with E-state index in [0.717, 1.165) is 18.2 Å². The van der Waals surface area contributed by atoms with Crippen molar-refractivity contribution in [3.05, 3.63) is 52.4 Å². The molecule has 2 N–H and O–H groups in total. The molecule has 0 saturated heterocycles. The lowest BCUT2D eigenvalue weighted by atomic mass is 10.2. The van der Waals surface area contributed by atoms with Crippen molar-refractivity contribution in [1.82, 2.24) is 10.1 Å². The first kappa shape index (κ1) is 21.0. The number of rotatable bonds is 8. The fraction of sp³-hybridized carbons (Fsp3) is 0.176. The second kappa shape index (κ2) is 8.34. The molecule has 0 saturated carbocycles. The predicted molar refractivity (Wildman–Crippen MR) is 102 cm³/mol. The maximum absolute atomic E-state index is 11.4. The molecule has 0 amide bonds. The van der Waals surface area contributed by atoms with Crippen LogP contribution in [0.2, 0.25) is 0 Å². The Hall–Kier alpha value is -3.71. The van der Waals surface area contributed by atoms with Crippen LogP contribution in [0, 0.1) is 10.1 Å². The molecule has 0 spiro atoms. The quantitative estimate of drug-likeness (QED) is 0.406. The summed E-state index contributed by atoms with van der Waals surface area (Å²) in [7, 11) is -1.10. The molecule has 0 unspecified atom stereocenters. The van der Waals surface area contributed by atoms with Crippen molar-refractivity contribution < 1.29 is 32.1 Å². The first-order chi connectivity index (χ1) is 14.2. The van der Waals surface area contributed by atoms with E-state index in [1.54, 1.807) is 18.2 Å². The van der Waals surface area contributed by atoms with E-state index in [-0.39, 0.29) is 24.1 Å². The third-order valence-corrected chi connectivity index (χ3v) is 4.83. The molecule has 1 heterocycles. The number of nitro benzene ring substituents is 1. The van der Waals surface area contributed by atoms with Crippen LogP contribution in [0.5, 0.6) is 17.2 Å². The Kier molecular flexibility index (Phi) is 5.84. The molecular formula is C17H16N4O8S. The van der Waals surface area contributed by atoms with Gasteiger partial charge in [0.2, 0.25) is 15.8 Å². The van der Waals surface area contributed by atoms with Crippen LogP contribution in [0.4, 0.5) is 5.69 Å². The third kappa shape index (κ3) is 4.47. The fourth-order valence-corrected chi connectivity index (χ4v) is 3.02. The highest BCUT2D eigenvalue weighted by Crippen LogP contribution is 2.32. The summed E-state index contributed by atoms with van der Waals surface area (Å²) >= 11 is 0. The molecule has 0 radical (unpaired) electrons. The van der Waals surface area contributed by atoms with Crippen LogP contribution < -0.4 is 19.3 Å². The van der Waals surface area contributed by atoms with Gasteiger partial charge in [-0.15, -0.1) is 0 Å². The number of aromatic nitrogens is 2. The number of methoxy groups -OCH3 is 2. The van der Waals surface area contributed by atoms with Crippen molar-refractivity contribution in [2.45, 2.75) is 11.5 Å². The van der Waals surface area contributed by atoms with Gasteiger partial charge in [0, 0.05) is 11.6 Å². The average molecular weight is 436 g/mol. The van der Waals surface area contributed by atoms with Gasteiger partial charge in [0.05, 0.1) is 24.0 Å². The first-order valence-corrected chi connectivity index (χ1v) is 9.76. The second-order valence-electron chi connectivity index (χ2n) is 5.80. The van der Waals surface area contributed by atoms with Crippen molar-refractivity contribution >= 4 is 15.7 Å². The van der Waals surface area contributed by atoms with Crippen LogP contribution in [0.25, 0.3) is 11.4 Å². The van der Waals surface area contributed by atoms with Gasteiger partial charge in [-0.2, -0.15) is 4.98 Å². The number of nitrogens with two attached hydrogens (primary N) is 1. The van der Waals surface area contributed by atoms with E-state index in [1.165, 1.54) is 14.2 Å². The molecule has 0 atom stereocenters. The predicted octanol–water partition coefficient (Wildman–Crippen LogP) is 1.89. The largest absolute Gasteiger partial charge is 0.493 e. The van der Waals surface area contributed by atoms with Crippen LogP contribution in [-0.4, -0.2) is 37.7 Å². The van der Waals surface area contributed by atoms with Gasteiger partial charge in [-0.3, -0.25) is 10.1 Å². The molecule has 2 aromatic carbocycles. The van der Waals surface area contributed by atoms with Gasteiger partial charge in [0.1, 0.15) is 0 Å². The zero-order valence-corrected chi connectivity index (χ0v) is 16.6. The van der Waals surface area contributed by atoms with Gasteiger partial charge in [0.25, 0.3) is 5.89 Å². The van der Waals surface area contributed by atoms with Crippen molar-refractivity contribution in [3.63, 3.8) is 0 Å². The molecule has 158 valence electrons. The van der Waals surface area contributed by atoms with Crippen LogP contribution in [0.3, 0.4) is 0 Å². The normalized spacial score (nSPS) is 11.2. The van der Waals surface area contributed by atoms with Crippen LogP contribution in [-0.2, 0) is 16.6 Å². The molecule has 0 fully saturated rings. The summed E-state index contributed by atoms with van der Waals surface area (Å²) in [6.45, 7) is -0.282. The number of nitro groups is 1. The minimum atomic E-state index is -4.10. The Labute approximate surface area is 170 Å². The molecule has 13 heteroatoms. The van der Waals surface area contributed by atoms with Gasteiger partial charge in [-0.05, 0) is 30.3 Å². The topological polar surface area (TPSA) is 170 Å². The molecule has 0 aliphatic rings. The minimum Gasteiger partial charge on any atom is -0.493 e. The van der Waals surface area contributed by atoms with E-state index in [0.29, 0.717) is 17.1 Å². The van der Waals surface area contributed by atoms with Gasteiger partial charge in [-0.1, -0.05) is 5.16 Å². The van der Waals surface area contributed by atoms with Crippen molar-refractivity contribution in [1.29, 1.82) is 0 Å². The lowest BCUT2D eigenvalue weighted by molar-refractivity contribution is -0.386. The monoisotopic (exact) mass is 436 g/mol. The standard InChI is InChI=1S/C17H16N4O8S/c1-26-14-5-3-10(7-15(14)27-2)17-19-16(29-20-17)9-28-13-6-4-11(30(18,24)25)8-12(13)21(22)23/h3-8H,9H2,1-2H3,(H2,18,24,25). The summed E-state index contributed by atoms with van der Waals surface area (Å²) in [5.41, 5.74) is 0.0206. The molecule has 3 rings (SSSR count). The van der Waals surface area contributed by atoms with Crippen LogP contribution >= 0.6 is 0 Å². The Balaban J connectivity index is 1.80. The Morgan fingerprint density at radius 3 is 2.43 bits per heavy atom. The first-order valence-electron chi connectivity index (χ1n) is 8.22. The highest BCUT2D eigenvalue weighted by Gasteiger charge is 2.21. The third-order valence-electron chi connectivity index (χ3n) is 3.92. The summed E-state index contributed by atoms with van der Waals surface area (Å²) in [5.74, 6) is 1.11. The molecule has 0 aliphatic carbocycles. The number of ether oxygens (including phenoxy) is 3. The van der Waals surface area contributed by atoms with E-state index in [2.05, 4.69) is 10.1 Å². The number of hydrogen-bond donors (Lipinski definition) is 1. The van der Waals surface area contributed by atoms with Crippen molar-refractivity contribution in [3.8, 4) is 28.6 Å². The van der Waals surface area contributed by atoms with Crippen molar-refractivity contribution in [2.24, 2.45) is 5.14 Å². The highest BCUT2D eigenvalue weighted by molar-refractivity contribution is 7.89. The SMILES string of the molecule is COc1ccc(-c2noc(COc3ccc(S(N)(=O)=O)cc3[N+](=O)[O-])n2)cc1OC. The fourth-order valence-electron chi connectivity index (χ4n) is 2.48. The number of primary sulfonamides is 1. The number of nitrogens with zero attached hydrogens (tertiary/aromatic N) is 3. The van der Waals surface area contributed by atoms with Crippen LogP contribution in [0.1, 0.15) is 5.89 Å². The summed E-state index contributed by atoms with van der Waals surface area (Å²) in [4.78, 5) is 14.2. The van der Waals surface area contributed by atoms with Crippen LogP contribution in [0.15, 0.2) is 45.8 Å². The van der Waals surface area contributed by atoms with E-state index in [4.69, 9.17) is 23.9 Å². The molecule has 0 bridgehead atoms. The second-order valence-corrected chi connectivity index (χ2v) is 7.36. The minimum absolute atomic E-state index is 0.0459. The molecule has 0 aliphatic heterocycles. The van der Waals surface area contributed by atoms with Gasteiger partial charge >= 0.3 is 5.69 Å². The Bertz CT molecular complexity index is 1190. The average Bonchev–Trinajstić information content (AvgIpc) is 3.19. The zero-order chi connectivity index (χ0) is 21.9. The lowest BCUT2D eigenvalue weighted by Crippen LogP contribution is -2.12. The molecule has 30 heavy (non-hydrogen) atoms. The van der Waals surface area contributed by atoms with E-state index in [9.17, 15) is 18.5 Å². The van der Waals surface area contributed by atoms with E-state index in [1.807, 2.05) is 0 Å². The Morgan fingerprint density at radius 2 is 1.80 bits per heavy atom. The summed E-state index contributed by atoms with van der Waals surface area (Å²) in [6, 6.07) is 8.08. The molecule has 3 aromatic rings. The molecule has 12 nitrogen and oxygen atoms in total. The highest BCUT2D eigenvalue weighted by atomic mass is 32.2. The van der Waals surface area contributed by atoms with Gasteiger partial charge in [-0.25, -0.2) is 13.6 Å². The number of sulfonamides is 1. The van der Waals surface area contributed by atoms with E-state index < -0.39 is 25.5 Å².